The number of rotatable bonds is 9. The van der Waals surface area contributed by atoms with Crippen LogP contribution in [0.3, 0.4) is 0 Å². The highest BCUT2D eigenvalue weighted by molar-refractivity contribution is 7.88. The Kier molecular flexibility index (Phi) is 7.09. The second-order valence-corrected chi connectivity index (χ2v) is 9.33. The van der Waals surface area contributed by atoms with Crippen molar-refractivity contribution in [3.63, 3.8) is 0 Å². The van der Waals surface area contributed by atoms with E-state index in [-0.39, 0.29) is 19.1 Å². The van der Waals surface area contributed by atoms with Gasteiger partial charge < -0.3 is 14.6 Å². The molecule has 3 aromatic rings. The Morgan fingerprint density at radius 2 is 1.74 bits per heavy atom. The summed E-state index contributed by atoms with van der Waals surface area (Å²) in [7, 11) is -1.71. The van der Waals surface area contributed by atoms with Crippen LogP contribution in [0.25, 0.3) is 5.69 Å². The summed E-state index contributed by atoms with van der Waals surface area (Å²) in [6, 6.07) is 14.9. The van der Waals surface area contributed by atoms with Crippen molar-refractivity contribution in [2.75, 3.05) is 19.9 Å². The van der Waals surface area contributed by atoms with E-state index in [1.54, 1.807) is 30.5 Å². The summed E-state index contributed by atoms with van der Waals surface area (Å²) in [6.07, 6.45) is 4.82. The lowest BCUT2D eigenvalue weighted by molar-refractivity contribution is -0.123. The topological polar surface area (TPSA) is 93.5 Å². The standard InChI is InChI=1S/C22H26N4O4S/c1-17-23-12-13-26(17)20-8-4-18(5-9-20)14-24-22(27)16-30-21-10-6-19(7-11-21)15-25(2)31(3,28)29/h4-13H,14-16H2,1-3H3,(H,24,27). The summed E-state index contributed by atoms with van der Waals surface area (Å²) in [5.74, 6) is 1.23. The Labute approximate surface area is 182 Å². The third-order valence-corrected chi connectivity index (χ3v) is 6.06. The normalized spacial score (nSPS) is 11.5. The van der Waals surface area contributed by atoms with E-state index in [9.17, 15) is 13.2 Å². The smallest absolute Gasteiger partial charge is 0.258 e. The number of nitrogens with zero attached hydrogens (tertiary/aromatic N) is 3. The summed E-state index contributed by atoms with van der Waals surface area (Å²) < 4.78 is 31.7. The maximum Gasteiger partial charge on any atom is 0.258 e. The Morgan fingerprint density at radius 1 is 1.10 bits per heavy atom. The summed E-state index contributed by atoms with van der Waals surface area (Å²) >= 11 is 0. The number of aryl methyl sites for hydroxylation is 1. The fourth-order valence-electron chi connectivity index (χ4n) is 2.89. The Balaban J connectivity index is 1.44. The minimum Gasteiger partial charge on any atom is -0.484 e. The number of imidazole rings is 1. The van der Waals surface area contributed by atoms with Crippen molar-refractivity contribution < 1.29 is 17.9 Å². The highest BCUT2D eigenvalue weighted by Crippen LogP contribution is 2.14. The Bertz CT molecular complexity index is 1120. The molecule has 164 valence electrons. The molecule has 0 fully saturated rings. The molecule has 31 heavy (non-hydrogen) atoms. The van der Waals surface area contributed by atoms with Gasteiger partial charge >= 0.3 is 0 Å². The molecule has 2 aromatic carbocycles. The van der Waals surface area contributed by atoms with Gasteiger partial charge in [-0.25, -0.2) is 17.7 Å². The van der Waals surface area contributed by atoms with Gasteiger partial charge in [-0.1, -0.05) is 24.3 Å². The molecule has 1 N–H and O–H groups in total. The summed E-state index contributed by atoms with van der Waals surface area (Å²) in [5, 5.41) is 2.83. The summed E-state index contributed by atoms with van der Waals surface area (Å²) in [4.78, 5) is 16.3. The van der Waals surface area contributed by atoms with Gasteiger partial charge in [0, 0.05) is 38.2 Å². The van der Waals surface area contributed by atoms with Gasteiger partial charge in [0.25, 0.3) is 5.91 Å². The quantitative estimate of drug-likeness (QED) is 0.549. The van der Waals surface area contributed by atoms with E-state index in [0.717, 1.165) is 28.9 Å². The van der Waals surface area contributed by atoms with E-state index in [4.69, 9.17) is 4.74 Å². The van der Waals surface area contributed by atoms with E-state index < -0.39 is 10.0 Å². The molecule has 0 bridgehead atoms. The van der Waals surface area contributed by atoms with Crippen LogP contribution in [0.4, 0.5) is 0 Å². The number of sulfonamides is 1. The summed E-state index contributed by atoms with van der Waals surface area (Å²) in [5.41, 5.74) is 2.83. The third kappa shape index (κ3) is 6.40. The average Bonchev–Trinajstić information content (AvgIpc) is 3.17. The Morgan fingerprint density at radius 3 is 2.32 bits per heavy atom. The maximum atomic E-state index is 12.1. The van der Waals surface area contributed by atoms with E-state index in [0.29, 0.717) is 12.3 Å². The van der Waals surface area contributed by atoms with Crippen molar-refractivity contribution in [3.05, 3.63) is 77.9 Å². The first-order chi connectivity index (χ1) is 14.7. The Hall–Kier alpha value is -3.17. The number of benzene rings is 2. The van der Waals surface area contributed by atoms with Crippen LogP contribution in [0.1, 0.15) is 17.0 Å². The van der Waals surface area contributed by atoms with Gasteiger partial charge in [0.2, 0.25) is 10.0 Å². The van der Waals surface area contributed by atoms with Crippen molar-refractivity contribution in [3.8, 4) is 11.4 Å². The molecule has 0 aliphatic rings. The zero-order valence-corrected chi connectivity index (χ0v) is 18.6. The van der Waals surface area contributed by atoms with Gasteiger partial charge in [0.15, 0.2) is 6.61 Å². The molecule has 0 saturated heterocycles. The van der Waals surface area contributed by atoms with Crippen molar-refractivity contribution in [2.45, 2.75) is 20.0 Å². The molecule has 1 aromatic heterocycles. The predicted octanol–water partition coefficient (Wildman–Crippen LogP) is 2.27. The van der Waals surface area contributed by atoms with Gasteiger partial charge in [-0.15, -0.1) is 0 Å². The van der Waals surface area contributed by atoms with Gasteiger partial charge in [-0.2, -0.15) is 0 Å². The van der Waals surface area contributed by atoms with E-state index in [1.165, 1.54) is 11.4 Å². The van der Waals surface area contributed by atoms with Crippen molar-refractivity contribution in [1.82, 2.24) is 19.2 Å². The van der Waals surface area contributed by atoms with Crippen LogP contribution in [0.5, 0.6) is 5.75 Å². The van der Waals surface area contributed by atoms with E-state index >= 15 is 0 Å². The van der Waals surface area contributed by atoms with Gasteiger partial charge in [-0.05, 0) is 42.3 Å². The fourth-order valence-corrected chi connectivity index (χ4v) is 3.27. The van der Waals surface area contributed by atoms with Crippen LogP contribution in [-0.2, 0) is 27.9 Å². The van der Waals surface area contributed by atoms with Crippen LogP contribution in [-0.4, -0.2) is 48.1 Å². The number of hydrogen-bond donors (Lipinski definition) is 1. The molecule has 1 heterocycles. The molecule has 3 rings (SSSR count). The van der Waals surface area contributed by atoms with Gasteiger partial charge in [-0.3, -0.25) is 4.79 Å². The number of ether oxygens (including phenoxy) is 1. The lowest BCUT2D eigenvalue weighted by Crippen LogP contribution is -2.28. The number of amides is 1. The fraction of sp³-hybridized carbons (Fsp3) is 0.273. The van der Waals surface area contributed by atoms with Crippen molar-refractivity contribution in [2.24, 2.45) is 0 Å². The molecule has 8 nitrogen and oxygen atoms in total. The second-order valence-electron chi connectivity index (χ2n) is 7.24. The maximum absolute atomic E-state index is 12.1. The molecule has 0 radical (unpaired) electrons. The third-order valence-electron chi connectivity index (χ3n) is 4.79. The first-order valence-electron chi connectivity index (χ1n) is 9.71. The van der Waals surface area contributed by atoms with Crippen LogP contribution in [0.2, 0.25) is 0 Å². The molecule has 0 spiro atoms. The monoisotopic (exact) mass is 442 g/mol. The van der Waals surface area contributed by atoms with Crippen molar-refractivity contribution in [1.29, 1.82) is 0 Å². The van der Waals surface area contributed by atoms with Crippen LogP contribution < -0.4 is 10.1 Å². The average molecular weight is 443 g/mol. The molecule has 0 aliphatic heterocycles. The molecule has 9 heteroatoms. The zero-order valence-electron chi connectivity index (χ0n) is 17.8. The van der Waals surface area contributed by atoms with Crippen LogP contribution in [0.15, 0.2) is 60.9 Å². The lowest BCUT2D eigenvalue weighted by Gasteiger charge is -2.14. The predicted molar refractivity (Wildman–Crippen MR) is 118 cm³/mol. The van der Waals surface area contributed by atoms with Crippen molar-refractivity contribution >= 4 is 15.9 Å². The van der Waals surface area contributed by atoms with Gasteiger partial charge in [0.05, 0.1) is 6.26 Å². The molecule has 1 amide bonds. The van der Waals surface area contributed by atoms with E-state index in [2.05, 4.69) is 10.3 Å². The molecule has 0 aliphatic carbocycles. The molecule has 0 saturated carbocycles. The SMILES string of the molecule is Cc1nccn1-c1ccc(CNC(=O)COc2ccc(CN(C)S(C)(=O)=O)cc2)cc1. The molecular weight excluding hydrogens is 416 g/mol. The highest BCUT2D eigenvalue weighted by Gasteiger charge is 2.11. The second kappa shape index (κ2) is 9.76. The number of aromatic nitrogens is 2. The van der Waals surface area contributed by atoms with E-state index in [1.807, 2.05) is 42.0 Å². The molecule has 0 atom stereocenters. The zero-order chi connectivity index (χ0) is 22.4. The molecule has 0 unspecified atom stereocenters. The lowest BCUT2D eigenvalue weighted by atomic mass is 10.2. The van der Waals surface area contributed by atoms with Crippen LogP contribution >= 0.6 is 0 Å². The number of hydrogen-bond acceptors (Lipinski definition) is 5. The number of carbonyl (C=O) groups excluding carboxylic acids is 1. The minimum absolute atomic E-state index is 0.102. The first-order valence-corrected chi connectivity index (χ1v) is 11.6. The highest BCUT2D eigenvalue weighted by atomic mass is 32.2. The largest absolute Gasteiger partial charge is 0.484 e. The first kappa shape index (κ1) is 22.5. The minimum atomic E-state index is -3.23. The van der Waals surface area contributed by atoms with Gasteiger partial charge in [0.1, 0.15) is 11.6 Å². The number of nitrogens with one attached hydrogen (secondary N) is 1. The summed E-state index contributed by atoms with van der Waals surface area (Å²) in [6.45, 7) is 2.52. The van der Waals surface area contributed by atoms with Crippen LogP contribution in [0, 0.1) is 6.92 Å². The molecular formula is C22H26N4O4S. The number of carbonyl (C=O) groups is 1.